The van der Waals surface area contributed by atoms with Crippen LogP contribution in [-0.2, 0) is 6.54 Å². The Balaban J connectivity index is 1.34. The third-order valence-electron chi connectivity index (χ3n) is 4.54. The minimum absolute atomic E-state index is 0.0145. The molecule has 4 rings (SSSR count). The number of hydrogen-bond acceptors (Lipinski definition) is 5. The first-order chi connectivity index (χ1) is 13.5. The number of aromatic amines is 1. The number of pyridine rings is 1. The van der Waals surface area contributed by atoms with Crippen LogP contribution in [0.3, 0.4) is 0 Å². The maximum atomic E-state index is 12.9. The van der Waals surface area contributed by atoms with E-state index in [1.807, 2.05) is 18.2 Å². The number of halogens is 2. The molecule has 1 aliphatic rings. The minimum Gasteiger partial charge on any atom is -0.378 e. The molecule has 3 aromatic rings. The summed E-state index contributed by atoms with van der Waals surface area (Å²) < 4.78 is 25.8. The van der Waals surface area contributed by atoms with Crippen molar-refractivity contribution < 1.29 is 13.6 Å². The van der Waals surface area contributed by atoms with Crippen LogP contribution >= 0.6 is 0 Å². The number of carbonyl (C=O) groups excluding carboxylic acids is 1. The SMILES string of the molecule is O=C(NCC1CC1(F)F)c1cccc(NCc2nnc(-c3ccncc3)[nH]2)c1. The second-order valence-corrected chi connectivity index (χ2v) is 6.66. The Kier molecular flexibility index (Phi) is 4.72. The Hall–Kier alpha value is -3.36. The van der Waals surface area contributed by atoms with Crippen molar-refractivity contribution in [2.24, 2.45) is 5.92 Å². The van der Waals surface area contributed by atoms with Crippen LogP contribution in [0.1, 0.15) is 22.6 Å². The van der Waals surface area contributed by atoms with Crippen molar-refractivity contribution in [3.8, 4) is 11.4 Å². The van der Waals surface area contributed by atoms with Crippen LogP contribution in [0, 0.1) is 5.92 Å². The molecular formula is C19H18F2N6O. The number of carbonyl (C=O) groups is 1. The van der Waals surface area contributed by atoms with E-state index >= 15 is 0 Å². The second kappa shape index (κ2) is 7.34. The van der Waals surface area contributed by atoms with Gasteiger partial charge in [-0.25, -0.2) is 8.78 Å². The summed E-state index contributed by atoms with van der Waals surface area (Å²) >= 11 is 0. The van der Waals surface area contributed by atoms with Gasteiger partial charge in [0.1, 0.15) is 5.82 Å². The Morgan fingerprint density at radius 2 is 2.00 bits per heavy atom. The van der Waals surface area contributed by atoms with Crippen molar-refractivity contribution in [3.05, 3.63) is 60.2 Å². The van der Waals surface area contributed by atoms with Crippen LogP contribution in [0.25, 0.3) is 11.4 Å². The molecule has 1 fully saturated rings. The molecule has 0 spiro atoms. The van der Waals surface area contributed by atoms with Crippen molar-refractivity contribution >= 4 is 11.6 Å². The first-order valence-corrected chi connectivity index (χ1v) is 8.83. The van der Waals surface area contributed by atoms with Gasteiger partial charge in [0.05, 0.1) is 6.54 Å². The van der Waals surface area contributed by atoms with Gasteiger partial charge < -0.3 is 15.6 Å². The highest BCUT2D eigenvalue weighted by Crippen LogP contribution is 2.47. The van der Waals surface area contributed by atoms with E-state index in [0.29, 0.717) is 29.4 Å². The first-order valence-electron chi connectivity index (χ1n) is 8.83. The Bertz CT molecular complexity index is 975. The Labute approximate surface area is 159 Å². The second-order valence-electron chi connectivity index (χ2n) is 6.66. The van der Waals surface area contributed by atoms with E-state index < -0.39 is 11.8 Å². The van der Waals surface area contributed by atoms with Crippen LogP contribution in [0.4, 0.5) is 14.5 Å². The van der Waals surface area contributed by atoms with Crippen LogP contribution in [0.5, 0.6) is 0 Å². The van der Waals surface area contributed by atoms with Crippen LogP contribution in [-0.4, -0.2) is 38.5 Å². The largest absolute Gasteiger partial charge is 0.378 e. The number of alkyl halides is 2. The third kappa shape index (κ3) is 4.13. The number of rotatable bonds is 7. The van der Waals surface area contributed by atoms with Crippen molar-refractivity contribution in [2.75, 3.05) is 11.9 Å². The lowest BCUT2D eigenvalue weighted by molar-refractivity contribution is 0.0895. The van der Waals surface area contributed by atoms with E-state index in [0.717, 1.165) is 5.56 Å². The topological polar surface area (TPSA) is 95.6 Å². The molecule has 1 aliphatic carbocycles. The summed E-state index contributed by atoms with van der Waals surface area (Å²) in [6.07, 6.45) is 3.20. The molecule has 144 valence electrons. The fourth-order valence-corrected chi connectivity index (χ4v) is 2.78. The number of H-pyrrole nitrogens is 1. The summed E-state index contributed by atoms with van der Waals surface area (Å²) in [5.74, 6) is -2.48. The summed E-state index contributed by atoms with van der Waals surface area (Å²) in [7, 11) is 0. The molecular weight excluding hydrogens is 366 g/mol. The Morgan fingerprint density at radius 3 is 2.75 bits per heavy atom. The molecule has 0 aliphatic heterocycles. The number of hydrogen-bond donors (Lipinski definition) is 3. The zero-order valence-electron chi connectivity index (χ0n) is 14.8. The summed E-state index contributed by atoms with van der Waals surface area (Å²) in [6, 6.07) is 10.5. The zero-order valence-corrected chi connectivity index (χ0v) is 14.8. The highest BCUT2D eigenvalue weighted by Gasteiger charge is 2.56. The van der Waals surface area contributed by atoms with E-state index in [4.69, 9.17) is 0 Å². The standard InChI is InChI=1S/C19H18F2N6O/c20-19(21)9-14(19)10-24-18(28)13-2-1-3-15(8-13)23-11-16-25-17(27-26-16)12-4-6-22-7-5-12/h1-8,14,23H,9-11H2,(H,24,28)(H,25,26,27). The normalized spacial score (nSPS) is 17.1. The molecule has 0 radical (unpaired) electrons. The average molecular weight is 384 g/mol. The number of nitrogens with zero attached hydrogens (tertiary/aromatic N) is 3. The van der Waals surface area contributed by atoms with E-state index in [-0.39, 0.29) is 18.9 Å². The van der Waals surface area contributed by atoms with Gasteiger partial charge in [-0.3, -0.25) is 9.78 Å². The summed E-state index contributed by atoms with van der Waals surface area (Å²) in [6.45, 7) is 0.372. The number of aromatic nitrogens is 4. The van der Waals surface area contributed by atoms with Crippen molar-refractivity contribution in [3.63, 3.8) is 0 Å². The summed E-state index contributed by atoms with van der Waals surface area (Å²) in [5.41, 5.74) is 2.00. The molecule has 1 amide bonds. The maximum absolute atomic E-state index is 12.9. The summed E-state index contributed by atoms with van der Waals surface area (Å²) in [5, 5.41) is 13.9. The quantitative estimate of drug-likeness (QED) is 0.582. The average Bonchev–Trinajstić information content (AvgIpc) is 3.10. The van der Waals surface area contributed by atoms with Gasteiger partial charge in [0, 0.05) is 48.1 Å². The fourth-order valence-electron chi connectivity index (χ4n) is 2.78. The predicted molar refractivity (Wildman–Crippen MR) is 98.8 cm³/mol. The van der Waals surface area contributed by atoms with E-state index in [1.165, 1.54) is 0 Å². The van der Waals surface area contributed by atoms with E-state index in [9.17, 15) is 13.6 Å². The van der Waals surface area contributed by atoms with Gasteiger partial charge in [0.2, 0.25) is 0 Å². The summed E-state index contributed by atoms with van der Waals surface area (Å²) in [4.78, 5) is 19.2. The molecule has 9 heteroatoms. The lowest BCUT2D eigenvalue weighted by Gasteiger charge is -2.08. The molecule has 3 N–H and O–H groups in total. The molecule has 1 unspecified atom stereocenters. The van der Waals surface area contributed by atoms with Gasteiger partial charge in [-0.15, -0.1) is 10.2 Å². The highest BCUT2D eigenvalue weighted by atomic mass is 19.3. The molecule has 2 aromatic heterocycles. The molecule has 2 heterocycles. The molecule has 0 saturated heterocycles. The van der Waals surface area contributed by atoms with Crippen LogP contribution in [0.2, 0.25) is 0 Å². The van der Waals surface area contributed by atoms with Gasteiger partial charge in [0.25, 0.3) is 11.8 Å². The molecule has 28 heavy (non-hydrogen) atoms. The third-order valence-corrected chi connectivity index (χ3v) is 4.54. The van der Waals surface area contributed by atoms with Crippen LogP contribution < -0.4 is 10.6 Å². The number of amides is 1. The molecule has 1 saturated carbocycles. The maximum Gasteiger partial charge on any atom is 0.253 e. The predicted octanol–water partition coefficient (Wildman–Crippen LogP) is 2.86. The molecule has 7 nitrogen and oxygen atoms in total. The smallest absolute Gasteiger partial charge is 0.253 e. The highest BCUT2D eigenvalue weighted by molar-refractivity contribution is 5.95. The fraction of sp³-hybridized carbons (Fsp3) is 0.263. The van der Waals surface area contributed by atoms with Crippen molar-refractivity contribution in [2.45, 2.75) is 18.9 Å². The number of benzene rings is 1. The monoisotopic (exact) mass is 384 g/mol. The lowest BCUT2D eigenvalue weighted by atomic mass is 10.2. The van der Waals surface area contributed by atoms with Gasteiger partial charge in [-0.2, -0.15) is 0 Å². The lowest BCUT2D eigenvalue weighted by Crippen LogP contribution is -2.26. The number of anilines is 1. The van der Waals surface area contributed by atoms with Crippen molar-refractivity contribution in [1.29, 1.82) is 0 Å². The van der Waals surface area contributed by atoms with Gasteiger partial charge in [0.15, 0.2) is 5.82 Å². The van der Waals surface area contributed by atoms with Gasteiger partial charge >= 0.3 is 0 Å². The van der Waals surface area contributed by atoms with Crippen LogP contribution in [0.15, 0.2) is 48.8 Å². The Morgan fingerprint density at radius 1 is 1.21 bits per heavy atom. The zero-order chi connectivity index (χ0) is 19.6. The van der Waals surface area contributed by atoms with Gasteiger partial charge in [-0.05, 0) is 30.3 Å². The van der Waals surface area contributed by atoms with Crippen molar-refractivity contribution in [1.82, 2.24) is 25.5 Å². The number of nitrogens with one attached hydrogen (secondary N) is 3. The molecule has 0 bridgehead atoms. The first kappa shape index (κ1) is 18.0. The minimum atomic E-state index is -2.64. The van der Waals surface area contributed by atoms with Gasteiger partial charge in [-0.1, -0.05) is 6.07 Å². The molecule has 1 atom stereocenters. The van der Waals surface area contributed by atoms with E-state index in [2.05, 4.69) is 30.8 Å². The van der Waals surface area contributed by atoms with E-state index in [1.54, 1.807) is 30.6 Å². The molecule has 1 aromatic carbocycles.